The number of ether oxygens (including phenoxy) is 1. The minimum Gasteiger partial charge on any atom is -0.476 e. The smallest absolute Gasteiger partial charge is 0.372 e. The van der Waals surface area contributed by atoms with E-state index in [-0.39, 0.29) is 23.4 Å². The lowest BCUT2D eigenvalue weighted by atomic mass is 10.3. The molecule has 1 fully saturated rings. The molecule has 7 heteroatoms. The van der Waals surface area contributed by atoms with Gasteiger partial charge in [0.15, 0.2) is 0 Å². The van der Waals surface area contributed by atoms with Crippen molar-refractivity contribution in [3.8, 4) is 5.88 Å². The second-order valence-corrected chi connectivity index (χ2v) is 4.27. The zero-order valence-corrected chi connectivity index (χ0v) is 10.5. The molecular weight excluding hydrogens is 236 g/mol. The van der Waals surface area contributed by atoms with Crippen LogP contribution in [-0.4, -0.2) is 28.0 Å². The number of methoxy groups -OCH3 is 1. The lowest BCUT2D eigenvalue weighted by Gasteiger charge is -2.09. The Morgan fingerprint density at radius 2 is 2.22 bits per heavy atom. The van der Waals surface area contributed by atoms with Crippen LogP contribution in [-0.2, 0) is 6.42 Å². The third-order valence-electron chi connectivity index (χ3n) is 2.67. The van der Waals surface area contributed by atoms with Crippen molar-refractivity contribution >= 4 is 11.5 Å². The summed E-state index contributed by atoms with van der Waals surface area (Å²) in [5, 5.41) is 14.1. The van der Waals surface area contributed by atoms with Gasteiger partial charge >= 0.3 is 5.69 Å². The van der Waals surface area contributed by atoms with E-state index in [0.29, 0.717) is 12.2 Å². The van der Waals surface area contributed by atoms with Crippen LogP contribution in [0.25, 0.3) is 0 Å². The van der Waals surface area contributed by atoms with Crippen LogP contribution in [0.5, 0.6) is 5.88 Å². The Labute approximate surface area is 105 Å². The number of aryl methyl sites for hydroxylation is 1. The van der Waals surface area contributed by atoms with Crippen molar-refractivity contribution in [1.82, 2.24) is 9.97 Å². The molecule has 0 atom stereocenters. The van der Waals surface area contributed by atoms with Gasteiger partial charge in [-0.25, -0.2) is 4.98 Å². The molecule has 1 aromatic rings. The fraction of sp³-hybridized carbons (Fsp3) is 0.636. The van der Waals surface area contributed by atoms with Gasteiger partial charge < -0.3 is 10.1 Å². The molecule has 2 rings (SSSR count). The SMILES string of the molecule is CCCc1nc(NC2CC2)c([N+](=O)[O-])c(OC)n1. The quantitative estimate of drug-likeness (QED) is 0.614. The van der Waals surface area contributed by atoms with Crippen LogP contribution >= 0.6 is 0 Å². The molecule has 1 N–H and O–H groups in total. The molecule has 1 saturated carbocycles. The van der Waals surface area contributed by atoms with E-state index in [1.165, 1.54) is 7.11 Å². The molecule has 0 radical (unpaired) electrons. The van der Waals surface area contributed by atoms with Crippen LogP contribution in [0, 0.1) is 10.1 Å². The molecule has 1 aliphatic rings. The lowest BCUT2D eigenvalue weighted by Crippen LogP contribution is -2.11. The molecule has 98 valence electrons. The molecule has 0 amide bonds. The summed E-state index contributed by atoms with van der Waals surface area (Å²) in [6.07, 6.45) is 3.59. The van der Waals surface area contributed by atoms with Gasteiger partial charge in [-0.15, -0.1) is 0 Å². The first-order valence-electron chi connectivity index (χ1n) is 6.01. The average molecular weight is 252 g/mol. The van der Waals surface area contributed by atoms with Gasteiger partial charge in [-0.3, -0.25) is 10.1 Å². The van der Waals surface area contributed by atoms with E-state index in [9.17, 15) is 10.1 Å². The predicted octanol–water partition coefficient (Wildman–Crippen LogP) is 1.92. The van der Waals surface area contributed by atoms with Crippen molar-refractivity contribution in [3.05, 3.63) is 15.9 Å². The van der Waals surface area contributed by atoms with Crippen molar-refractivity contribution in [2.45, 2.75) is 38.6 Å². The number of hydrogen-bond acceptors (Lipinski definition) is 6. The Hall–Kier alpha value is -1.92. The van der Waals surface area contributed by atoms with E-state index in [2.05, 4.69) is 15.3 Å². The van der Waals surface area contributed by atoms with Crippen LogP contribution in [0.2, 0.25) is 0 Å². The molecule has 0 bridgehead atoms. The summed E-state index contributed by atoms with van der Waals surface area (Å²) >= 11 is 0. The number of nitrogens with zero attached hydrogens (tertiary/aromatic N) is 3. The van der Waals surface area contributed by atoms with E-state index < -0.39 is 4.92 Å². The first kappa shape index (κ1) is 12.5. The molecule has 1 heterocycles. The number of nitrogens with one attached hydrogen (secondary N) is 1. The van der Waals surface area contributed by atoms with Gasteiger partial charge in [-0.2, -0.15) is 4.98 Å². The minimum atomic E-state index is -0.501. The highest BCUT2D eigenvalue weighted by atomic mass is 16.6. The van der Waals surface area contributed by atoms with Gasteiger partial charge in [-0.1, -0.05) is 6.92 Å². The van der Waals surface area contributed by atoms with Crippen LogP contribution in [0.1, 0.15) is 32.0 Å². The van der Waals surface area contributed by atoms with E-state index in [1.54, 1.807) is 0 Å². The Morgan fingerprint density at radius 1 is 1.50 bits per heavy atom. The van der Waals surface area contributed by atoms with E-state index in [1.807, 2.05) is 6.92 Å². The van der Waals surface area contributed by atoms with Gasteiger partial charge in [0.2, 0.25) is 5.82 Å². The van der Waals surface area contributed by atoms with Crippen LogP contribution in [0.4, 0.5) is 11.5 Å². The van der Waals surface area contributed by atoms with Crippen molar-refractivity contribution in [1.29, 1.82) is 0 Å². The monoisotopic (exact) mass is 252 g/mol. The van der Waals surface area contributed by atoms with Crippen molar-refractivity contribution in [3.63, 3.8) is 0 Å². The largest absolute Gasteiger partial charge is 0.476 e. The summed E-state index contributed by atoms with van der Waals surface area (Å²) < 4.78 is 5.00. The summed E-state index contributed by atoms with van der Waals surface area (Å²) in [4.78, 5) is 18.9. The molecular formula is C11H16N4O3. The highest BCUT2D eigenvalue weighted by molar-refractivity contribution is 5.62. The average Bonchev–Trinajstić information content (AvgIpc) is 3.12. The molecule has 0 aliphatic heterocycles. The second kappa shape index (κ2) is 5.16. The Morgan fingerprint density at radius 3 is 2.72 bits per heavy atom. The van der Waals surface area contributed by atoms with E-state index in [0.717, 1.165) is 19.3 Å². The number of hydrogen-bond donors (Lipinski definition) is 1. The maximum atomic E-state index is 11.1. The van der Waals surface area contributed by atoms with Crippen molar-refractivity contribution < 1.29 is 9.66 Å². The van der Waals surface area contributed by atoms with E-state index in [4.69, 9.17) is 4.74 Å². The van der Waals surface area contributed by atoms with Crippen LogP contribution in [0.3, 0.4) is 0 Å². The van der Waals surface area contributed by atoms with Gasteiger partial charge in [0, 0.05) is 12.5 Å². The van der Waals surface area contributed by atoms with Crippen molar-refractivity contribution in [2.24, 2.45) is 0 Å². The maximum absolute atomic E-state index is 11.1. The van der Waals surface area contributed by atoms with Crippen LogP contribution in [0.15, 0.2) is 0 Å². The van der Waals surface area contributed by atoms with Gasteiger partial charge in [0.1, 0.15) is 5.82 Å². The summed E-state index contributed by atoms with van der Waals surface area (Å²) in [5.41, 5.74) is -0.177. The number of aromatic nitrogens is 2. The van der Waals surface area contributed by atoms with Gasteiger partial charge in [0.05, 0.1) is 12.0 Å². The minimum absolute atomic E-state index is 0.0293. The standard InChI is InChI=1S/C11H16N4O3/c1-3-4-8-13-10(12-7-5-6-7)9(15(16)17)11(14-8)18-2/h7H,3-6H2,1-2H3,(H,12,13,14). The van der Waals surface area contributed by atoms with Gasteiger partial charge in [-0.05, 0) is 19.3 Å². The van der Waals surface area contributed by atoms with Crippen molar-refractivity contribution in [2.75, 3.05) is 12.4 Å². The summed E-state index contributed by atoms with van der Waals surface area (Å²) in [6, 6.07) is 0.290. The second-order valence-electron chi connectivity index (χ2n) is 4.27. The molecule has 0 unspecified atom stereocenters. The Bertz CT molecular complexity index is 460. The number of rotatable bonds is 6. The molecule has 0 aromatic carbocycles. The normalized spacial score (nSPS) is 14.3. The summed E-state index contributed by atoms with van der Waals surface area (Å²) in [7, 11) is 1.38. The Kier molecular flexibility index (Phi) is 3.59. The molecule has 0 spiro atoms. The number of nitro groups is 1. The zero-order chi connectivity index (χ0) is 13.1. The first-order valence-corrected chi connectivity index (χ1v) is 6.01. The first-order chi connectivity index (χ1) is 8.65. The predicted molar refractivity (Wildman–Crippen MR) is 65.9 cm³/mol. The van der Waals surface area contributed by atoms with Gasteiger partial charge in [0.25, 0.3) is 5.88 Å². The maximum Gasteiger partial charge on any atom is 0.372 e. The summed E-state index contributed by atoms with van der Waals surface area (Å²) in [5.74, 6) is 0.877. The molecule has 18 heavy (non-hydrogen) atoms. The fourth-order valence-corrected chi connectivity index (χ4v) is 1.64. The molecule has 7 nitrogen and oxygen atoms in total. The molecule has 0 saturated heterocycles. The van der Waals surface area contributed by atoms with E-state index >= 15 is 0 Å². The molecule has 1 aliphatic carbocycles. The highest BCUT2D eigenvalue weighted by Gasteiger charge is 2.30. The third kappa shape index (κ3) is 2.66. The fourth-order valence-electron chi connectivity index (χ4n) is 1.64. The molecule has 1 aromatic heterocycles. The Balaban J connectivity index is 2.42. The zero-order valence-electron chi connectivity index (χ0n) is 10.5. The highest BCUT2D eigenvalue weighted by Crippen LogP contribution is 2.35. The topological polar surface area (TPSA) is 90.2 Å². The number of anilines is 1. The van der Waals surface area contributed by atoms with Crippen LogP contribution < -0.4 is 10.1 Å². The third-order valence-corrected chi connectivity index (χ3v) is 2.67. The summed E-state index contributed by atoms with van der Waals surface area (Å²) in [6.45, 7) is 2.01. The lowest BCUT2D eigenvalue weighted by molar-refractivity contribution is -0.385.